The first-order chi connectivity index (χ1) is 7.22. The Morgan fingerprint density at radius 3 is 2.44 bits per heavy atom. The van der Waals surface area contributed by atoms with Crippen molar-refractivity contribution in [2.24, 2.45) is 0 Å². The summed E-state index contributed by atoms with van der Waals surface area (Å²) in [4.78, 5) is 0.287. The van der Waals surface area contributed by atoms with E-state index in [1.165, 1.54) is 0 Å². The second kappa shape index (κ2) is 3.18. The number of aryl methyl sites for hydroxylation is 1. The first-order valence-corrected chi connectivity index (χ1v) is 6.57. The predicted molar refractivity (Wildman–Crippen MR) is 62.6 cm³/mol. The molecule has 0 aromatic heterocycles. The standard InChI is InChI=1S/C12H14O3S/c1-8-4-5-11-9(6-8)10(12(2,3)13)7-16(11,14)15/h4-7,13H,1-3H3. The smallest absolute Gasteiger partial charge is 0.200 e. The van der Waals surface area contributed by atoms with Crippen LogP contribution in [0.15, 0.2) is 28.5 Å². The molecule has 1 heterocycles. The normalized spacial score (nSPS) is 18.1. The van der Waals surface area contributed by atoms with Crippen LogP contribution in [0.5, 0.6) is 0 Å². The third-order valence-corrected chi connectivity index (χ3v) is 4.18. The maximum Gasteiger partial charge on any atom is 0.200 e. The molecule has 1 aliphatic rings. The maximum atomic E-state index is 11.8. The molecule has 0 amide bonds. The number of benzene rings is 1. The van der Waals surface area contributed by atoms with E-state index in [0.29, 0.717) is 11.1 Å². The van der Waals surface area contributed by atoms with Crippen LogP contribution < -0.4 is 0 Å². The Kier molecular flexibility index (Phi) is 2.26. The summed E-state index contributed by atoms with van der Waals surface area (Å²) in [7, 11) is -3.38. The quantitative estimate of drug-likeness (QED) is 0.813. The van der Waals surface area contributed by atoms with Crippen molar-refractivity contribution in [3.63, 3.8) is 0 Å². The van der Waals surface area contributed by atoms with Gasteiger partial charge >= 0.3 is 0 Å². The number of fused-ring (bicyclic) bond motifs is 1. The van der Waals surface area contributed by atoms with Gasteiger partial charge in [0.25, 0.3) is 0 Å². The number of hydrogen-bond donors (Lipinski definition) is 1. The van der Waals surface area contributed by atoms with Gasteiger partial charge in [-0.2, -0.15) is 0 Å². The summed E-state index contributed by atoms with van der Waals surface area (Å²) in [6.45, 7) is 5.07. The third-order valence-electron chi connectivity index (χ3n) is 2.66. The van der Waals surface area contributed by atoms with Crippen LogP contribution >= 0.6 is 0 Å². The van der Waals surface area contributed by atoms with Crippen LogP contribution in [0, 0.1) is 6.92 Å². The summed E-state index contributed by atoms with van der Waals surface area (Å²) in [6, 6.07) is 5.15. The topological polar surface area (TPSA) is 54.4 Å². The molecule has 0 spiro atoms. The summed E-state index contributed by atoms with van der Waals surface area (Å²) in [5.41, 5.74) is 0.913. The SMILES string of the molecule is Cc1ccc2c(c1)C(C(C)(C)O)=CS2(=O)=O. The number of aliphatic hydroxyl groups is 1. The molecule has 86 valence electrons. The molecule has 0 saturated heterocycles. The van der Waals surface area contributed by atoms with E-state index < -0.39 is 15.4 Å². The summed E-state index contributed by atoms with van der Waals surface area (Å²) in [5, 5.41) is 11.1. The van der Waals surface area contributed by atoms with Gasteiger partial charge in [-0.3, -0.25) is 0 Å². The molecule has 1 aromatic rings. The molecule has 1 aliphatic heterocycles. The van der Waals surface area contributed by atoms with Gasteiger partial charge in [-0.05, 0) is 26.8 Å². The highest BCUT2D eigenvalue weighted by molar-refractivity contribution is 7.95. The summed E-state index contributed by atoms with van der Waals surface area (Å²) >= 11 is 0. The molecule has 16 heavy (non-hydrogen) atoms. The molecule has 0 radical (unpaired) electrons. The highest BCUT2D eigenvalue weighted by Gasteiger charge is 2.33. The maximum absolute atomic E-state index is 11.8. The van der Waals surface area contributed by atoms with Gasteiger partial charge in [0.15, 0.2) is 0 Å². The zero-order chi connectivity index (χ0) is 12.1. The first-order valence-electron chi connectivity index (χ1n) is 5.02. The van der Waals surface area contributed by atoms with E-state index in [1.807, 2.05) is 6.92 Å². The van der Waals surface area contributed by atoms with Gasteiger partial charge in [-0.25, -0.2) is 8.42 Å². The lowest BCUT2D eigenvalue weighted by Crippen LogP contribution is -2.19. The van der Waals surface area contributed by atoms with Crippen LogP contribution in [0.1, 0.15) is 25.0 Å². The van der Waals surface area contributed by atoms with Crippen LogP contribution in [-0.2, 0) is 9.84 Å². The molecule has 0 saturated carbocycles. The van der Waals surface area contributed by atoms with Crippen molar-refractivity contribution in [2.75, 3.05) is 0 Å². The second-order valence-electron chi connectivity index (χ2n) is 4.64. The molecule has 4 heteroatoms. The van der Waals surface area contributed by atoms with E-state index in [-0.39, 0.29) is 4.90 Å². The van der Waals surface area contributed by atoms with Crippen molar-refractivity contribution in [3.8, 4) is 0 Å². The molecule has 0 unspecified atom stereocenters. The van der Waals surface area contributed by atoms with Crippen molar-refractivity contribution in [1.82, 2.24) is 0 Å². The Labute approximate surface area is 95.3 Å². The summed E-state index contributed by atoms with van der Waals surface area (Å²) in [5.74, 6) is 0. The largest absolute Gasteiger partial charge is 0.386 e. The highest BCUT2D eigenvalue weighted by Crippen LogP contribution is 2.39. The van der Waals surface area contributed by atoms with Gasteiger partial charge in [0.2, 0.25) is 9.84 Å². The highest BCUT2D eigenvalue weighted by atomic mass is 32.2. The molecular formula is C12H14O3S. The molecule has 0 fully saturated rings. The van der Waals surface area contributed by atoms with Gasteiger partial charge in [-0.15, -0.1) is 0 Å². The number of sulfone groups is 1. The Morgan fingerprint density at radius 2 is 1.88 bits per heavy atom. The van der Waals surface area contributed by atoms with E-state index in [2.05, 4.69) is 0 Å². The van der Waals surface area contributed by atoms with Gasteiger partial charge in [0, 0.05) is 16.5 Å². The van der Waals surface area contributed by atoms with Gasteiger partial charge in [-0.1, -0.05) is 17.7 Å². The van der Waals surface area contributed by atoms with Crippen LogP contribution in [0.25, 0.3) is 5.57 Å². The van der Waals surface area contributed by atoms with Crippen LogP contribution in [0.3, 0.4) is 0 Å². The number of hydrogen-bond acceptors (Lipinski definition) is 3. The third kappa shape index (κ3) is 1.68. The van der Waals surface area contributed by atoms with Crippen LogP contribution in [-0.4, -0.2) is 19.1 Å². The fraction of sp³-hybridized carbons (Fsp3) is 0.333. The zero-order valence-corrected chi connectivity index (χ0v) is 10.3. The first kappa shape index (κ1) is 11.4. The molecular weight excluding hydrogens is 224 g/mol. The average Bonchev–Trinajstić information content (AvgIpc) is 2.37. The Balaban J connectivity index is 2.77. The Hall–Kier alpha value is -1.13. The van der Waals surface area contributed by atoms with Crippen LogP contribution in [0.2, 0.25) is 0 Å². The van der Waals surface area contributed by atoms with Gasteiger partial charge < -0.3 is 5.11 Å². The van der Waals surface area contributed by atoms with Crippen molar-refractivity contribution in [3.05, 3.63) is 34.7 Å². The monoisotopic (exact) mass is 238 g/mol. The Morgan fingerprint density at radius 1 is 1.25 bits per heavy atom. The zero-order valence-electron chi connectivity index (χ0n) is 9.48. The molecule has 1 N–H and O–H groups in total. The molecule has 0 bridgehead atoms. The molecule has 1 aromatic carbocycles. The van der Waals surface area contributed by atoms with E-state index in [0.717, 1.165) is 11.0 Å². The van der Waals surface area contributed by atoms with E-state index in [9.17, 15) is 13.5 Å². The van der Waals surface area contributed by atoms with Crippen molar-refractivity contribution < 1.29 is 13.5 Å². The van der Waals surface area contributed by atoms with Crippen molar-refractivity contribution >= 4 is 15.4 Å². The van der Waals surface area contributed by atoms with E-state index >= 15 is 0 Å². The van der Waals surface area contributed by atoms with E-state index in [1.54, 1.807) is 32.0 Å². The molecule has 0 atom stereocenters. The van der Waals surface area contributed by atoms with Gasteiger partial charge in [0.1, 0.15) is 0 Å². The lowest BCUT2D eigenvalue weighted by Gasteiger charge is -2.19. The lowest BCUT2D eigenvalue weighted by molar-refractivity contribution is 0.144. The molecule has 3 nitrogen and oxygen atoms in total. The molecule has 0 aliphatic carbocycles. The van der Waals surface area contributed by atoms with Crippen molar-refractivity contribution in [2.45, 2.75) is 31.3 Å². The lowest BCUT2D eigenvalue weighted by atomic mass is 9.92. The van der Waals surface area contributed by atoms with E-state index in [4.69, 9.17) is 0 Å². The van der Waals surface area contributed by atoms with Crippen LogP contribution in [0.4, 0.5) is 0 Å². The average molecular weight is 238 g/mol. The second-order valence-corrected chi connectivity index (χ2v) is 6.40. The summed E-state index contributed by atoms with van der Waals surface area (Å²) < 4.78 is 23.7. The predicted octanol–water partition coefficient (Wildman–Crippen LogP) is 1.89. The summed E-state index contributed by atoms with van der Waals surface area (Å²) in [6.07, 6.45) is 0. The molecule has 2 rings (SSSR count). The van der Waals surface area contributed by atoms with Gasteiger partial charge in [0.05, 0.1) is 10.5 Å². The number of rotatable bonds is 1. The Bertz CT molecular complexity index is 575. The fourth-order valence-corrected chi connectivity index (χ4v) is 3.44. The fourth-order valence-electron chi connectivity index (χ4n) is 1.86. The minimum absolute atomic E-state index is 0.287. The van der Waals surface area contributed by atoms with Crippen molar-refractivity contribution in [1.29, 1.82) is 0 Å². The minimum Gasteiger partial charge on any atom is -0.386 e. The minimum atomic E-state index is -3.38.